The van der Waals surface area contributed by atoms with Crippen molar-refractivity contribution in [3.8, 4) is 11.5 Å². The summed E-state index contributed by atoms with van der Waals surface area (Å²) in [5.41, 5.74) is 5.16. The SMILES string of the molecule is C=CC(=C)Cc1ccc2cc(C(=O)Cc3ccc(OC(=O)c4ccc5cc(OCCCCCCOC(=O)C=C)ccc5c4)cc3CCC)ccc2c1. The lowest BCUT2D eigenvalue weighted by atomic mass is 9.94. The number of hydrogen-bond donors (Lipinski definition) is 0. The molecule has 0 fully saturated rings. The molecular weight excluding hydrogens is 648 g/mol. The summed E-state index contributed by atoms with van der Waals surface area (Å²) < 4.78 is 16.8. The molecule has 0 N–H and O–H groups in total. The van der Waals surface area contributed by atoms with Gasteiger partial charge in [0, 0.05) is 18.1 Å². The molecule has 0 radical (unpaired) electrons. The minimum Gasteiger partial charge on any atom is -0.494 e. The highest BCUT2D eigenvalue weighted by molar-refractivity contribution is 6.01. The van der Waals surface area contributed by atoms with E-state index in [1.165, 1.54) is 6.08 Å². The fourth-order valence-corrected chi connectivity index (χ4v) is 6.11. The van der Waals surface area contributed by atoms with Crippen LogP contribution >= 0.6 is 0 Å². The highest BCUT2D eigenvalue weighted by atomic mass is 16.5. The molecule has 0 aromatic heterocycles. The van der Waals surface area contributed by atoms with E-state index in [4.69, 9.17) is 14.2 Å². The first-order valence-corrected chi connectivity index (χ1v) is 17.9. The van der Waals surface area contributed by atoms with Gasteiger partial charge in [-0.25, -0.2) is 9.59 Å². The van der Waals surface area contributed by atoms with Crippen LogP contribution in [0.4, 0.5) is 0 Å². The van der Waals surface area contributed by atoms with Gasteiger partial charge in [0.1, 0.15) is 11.5 Å². The number of carbonyl (C=O) groups excluding carboxylic acids is 3. The molecule has 5 rings (SSSR count). The zero-order valence-electron chi connectivity index (χ0n) is 30.0. The van der Waals surface area contributed by atoms with E-state index in [0.29, 0.717) is 30.1 Å². The summed E-state index contributed by atoms with van der Waals surface area (Å²) in [6.07, 6.45) is 9.25. The van der Waals surface area contributed by atoms with Crippen LogP contribution in [0, 0.1) is 0 Å². The van der Waals surface area contributed by atoms with Gasteiger partial charge in [0.25, 0.3) is 0 Å². The van der Waals surface area contributed by atoms with Crippen LogP contribution in [0.3, 0.4) is 0 Å². The van der Waals surface area contributed by atoms with Crippen LogP contribution in [-0.2, 0) is 28.8 Å². The Morgan fingerprint density at radius 3 is 2.04 bits per heavy atom. The molecule has 0 saturated carbocycles. The average Bonchev–Trinajstić information content (AvgIpc) is 3.16. The Bertz CT molecular complexity index is 2110. The number of ketones is 1. The Kier molecular flexibility index (Phi) is 13.3. The summed E-state index contributed by atoms with van der Waals surface area (Å²) in [5.74, 6) is 0.429. The monoisotopic (exact) mass is 694 g/mol. The van der Waals surface area contributed by atoms with Crippen molar-refractivity contribution in [1.29, 1.82) is 0 Å². The average molecular weight is 695 g/mol. The molecular formula is C46H46O6. The van der Waals surface area contributed by atoms with Gasteiger partial charge in [-0.05, 0) is 119 Å². The molecule has 6 nitrogen and oxygen atoms in total. The third-order valence-corrected chi connectivity index (χ3v) is 8.97. The van der Waals surface area contributed by atoms with Crippen molar-refractivity contribution in [3.63, 3.8) is 0 Å². The molecule has 0 spiro atoms. The first-order valence-electron chi connectivity index (χ1n) is 17.9. The lowest BCUT2D eigenvalue weighted by Crippen LogP contribution is -2.10. The largest absolute Gasteiger partial charge is 0.494 e. The van der Waals surface area contributed by atoms with Gasteiger partial charge >= 0.3 is 11.9 Å². The van der Waals surface area contributed by atoms with Gasteiger partial charge in [0.2, 0.25) is 0 Å². The minimum absolute atomic E-state index is 0.0403. The lowest BCUT2D eigenvalue weighted by molar-refractivity contribution is -0.137. The van der Waals surface area contributed by atoms with E-state index in [1.54, 1.807) is 18.2 Å². The van der Waals surface area contributed by atoms with Crippen molar-refractivity contribution < 1.29 is 28.6 Å². The minimum atomic E-state index is -0.444. The molecule has 0 aliphatic carbocycles. The number of fused-ring (bicyclic) bond motifs is 2. The quantitative estimate of drug-likeness (QED) is 0.0214. The standard InChI is InChI=1S/C46H46O6/c1-5-12-34-30-43(22-20-39(34)31-44(47)40-17-15-35-26-33(25-32(4)6-2)13-14-36(35)27-40)52-46(49)41-18-16-38-29-42(21-19-37(38)28-41)50-23-10-8-9-11-24-51-45(48)7-3/h6-7,13-22,26-30H,2-5,8-12,23-25,31H2,1H3. The molecule has 5 aromatic carbocycles. The Morgan fingerprint density at radius 2 is 1.29 bits per heavy atom. The van der Waals surface area contributed by atoms with Crippen molar-refractivity contribution in [2.45, 2.75) is 58.3 Å². The van der Waals surface area contributed by atoms with Crippen LogP contribution in [0.25, 0.3) is 21.5 Å². The molecule has 5 aromatic rings. The number of Topliss-reactive ketones (excluding diaryl/α,β-unsaturated/α-hetero) is 1. The Balaban J connectivity index is 1.17. The topological polar surface area (TPSA) is 78.9 Å². The maximum absolute atomic E-state index is 13.4. The molecule has 0 atom stereocenters. The number of allylic oxidation sites excluding steroid dienone is 2. The molecule has 0 bridgehead atoms. The van der Waals surface area contributed by atoms with Crippen molar-refractivity contribution in [2.24, 2.45) is 0 Å². The van der Waals surface area contributed by atoms with Gasteiger partial charge in [-0.15, -0.1) is 0 Å². The van der Waals surface area contributed by atoms with E-state index in [0.717, 1.165) is 94.5 Å². The maximum atomic E-state index is 13.4. The Labute approximate surface area is 306 Å². The number of rotatable bonds is 19. The highest BCUT2D eigenvalue weighted by Gasteiger charge is 2.15. The summed E-state index contributed by atoms with van der Waals surface area (Å²) in [6.45, 7) is 14.3. The maximum Gasteiger partial charge on any atom is 0.343 e. The Hall–Kier alpha value is -5.75. The zero-order chi connectivity index (χ0) is 36.9. The summed E-state index contributed by atoms with van der Waals surface area (Å²) in [6, 6.07) is 28.9. The first kappa shape index (κ1) is 37.5. The van der Waals surface area contributed by atoms with E-state index >= 15 is 0 Å². The molecule has 266 valence electrons. The fraction of sp³-hybridized carbons (Fsp3) is 0.239. The Morgan fingerprint density at radius 1 is 0.635 bits per heavy atom. The summed E-state index contributed by atoms with van der Waals surface area (Å²) in [5, 5.41) is 3.96. The number of ether oxygens (including phenoxy) is 3. The molecule has 0 amide bonds. The van der Waals surface area contributed by atoms with Gasteiger partial charge in [-0.1, -0.05) is 93.3 Å². The van der Waals surface area contributed by atoms with E-state index < -0.39 is 5.97 Å². The van der Waals surface area contributed by atoms with Gasteiger partial charge in [0.05, 0.1) is 18.8 Å². The number of hydrogen-bond acceptors (Lipinski definition) is 6. The van der Waals surface area contributed by atoms with Crippen molar-refractivity contribution >= 4 is 39.3 Å². The van der Waals surface area contributed by atoms with E-state index in [-0.39, 0.29) is 18.2 Å². The number of benzene rings is 5. The van der Waals surface area contributed by atoms with Crippen LogP contribution in [0.1, 0.15) is 76.4 Å². The second kappa shape index (κ2) is 18.5. The predicted octanol–water partition coefficient (Wildman–Crippen LogP) is 10.5. The second-order valence-corrected chi connectivity index (χ2v) is 13.0. The van der Waals surface area contributed by atoms with E-state index in [1.807, 2.05) is 66.7 Å². The normalized spacial score (nSPS) is 10.9. The molecule has 0 aliphatic rings. The molecule has 0 aliphatic heterocycles. The second-order valence-electron chi connectivity index (χ2n) is 13.0. The van der Waals surface area contributed by atoms with Gasteiger partial charge in [-0.3, -0.25) is 4.79 Å². The molecule has 0 heterocycles. The van der Waals surface area contributed by atoms with Gasteiger partial charge in [-0.2, -0.15) is 0 Å². The van der Waals surface area contributed by atoms with Gasteiger partial charge < -0.3 is 14.2 Å². The zero-order valence-corrected chi connectivity index (χ0v) is 30.0. The van der Waals surface area contributed by atoms with Crippen LogP contribution in [-0.4, -0.2) is 30.9 Å². The number of unbranched alkanes of at least 4 members (excludes halogenated alkanes) is 3. The number of esters is 2. The molecule has 0 saturated heterocycles. The third-order valence-electron chi connectivity index (χ3n) is 8.97. The fourth-order valence-electron chi connectivity index (χ4n) is 6.11. The van der Waals surface area contributed by atoms with Crippen LogP contribution < -0.4 is 9.47 Å². The molecule has 52 heavy (non-hydrogen) atoms. The lowest BCUT2D eigenvalue weighted by Gasteiger charge is -2.12. The van der Waals surface area contributed by atoms with Crippen molar-refractivity contribution in [2.75, 3.05) is 13.2 Å². The number of carbonyl (C=O) groups is 3. The summed E-state index contributed by atoms with van der Waals surface area (Å²) >= 11 is 0. The summed E-state index contributed by atoms with van der Waals surface area (Å²) in [7, 11) is 0. The smallest absolute Gasteiger partial charge is 0.343 e. The van der Waals surface area contributed by atoms with Gasteiger partial charge in [0.15, 0.2) is 5.78 Å². The third kappa shape index (κ3) is 10.4. The molecule has 0 unspecified atom stereocenters. The van der Waals surface area contributed by atoms with E-state index in [9.17, 15) is 14.4 Å². The van der Waals surface area contributed by atoms with Crippen LogP contribution in [0.2, 0.25) is 0 Å². The van der Waals surface area contributed by atoms with Crippen LogP contribution in [0.15, 0.2) is 128 Å². The highest BCUT2D eigenvalue weighted by Crippen LogP contribution is 2.26. The van der Waals surface area contributed by atoms with Crippen molar-refractivity contribution in [1.82, 2.24) is 0 Å². The number of aryl methyl sites for hydroxylation is 1. The predicted molar refractivity (Wildman–Crippen MR) is 209 cm³/mol. The van der Waals surface area contributed by atoms with Crippen molar-refractivity contribution in [3.05, 3.63) is 156 Å². The first-order chi connectivity index (χ1) is 25.3. The molecule has 6 heteroatoms. The summed E-state index contributed by atoms with van der Waals surface area (Å²) in [4.78, 5) is 37.7. The van der Waals surface area contributed by atoms with Crippen LogP contribution in [0.5, 0.6) is 11.5 Å². The van der Waals surface area contributed by atoms with E-state index in [2.05, 4.69) is 38.8 Å².